The van der Waals surface area contributed by atoms with E-state index in [9.17, 15) is 5.11 Å². The minimum atomic E-state index is -0.598. The van der Waals surface area contributed by atoms with Gasteiger partial charge in [-0.2, -0.15) is 0 Å². The van der Waals surface area contributed by atoms with Crippen molar-refractivity contribution >= 4 is 26.2 Å². The second kappa shape index (κ2) is 4.52. The van der Waals surface area contributed by atoms with Gasteiger partial charge < -0.3 is 5.11 Å². The molecule has 2 aromatic carbocycles. The predicted molar refractivity (Wildman–Crippen MR) is 76.3 cm³/mol. The van der Waals surface area contributed by atoms with E-state index in [1.54, 1.807) is 0 Å². The monoisotopic (exact) mass is 253 g/mol. The van der Waals surface area contributed by atoms with Crippen LogP contribution in [0.25, 0.3) is 10.8 Å². The molecule has 0 saturated heterocycles. The standard InChI is InChI=1S/C16H17OSi/c17-16(8-2-1-3-9-16)14-6-4-13-11-15(18)7-5-12(13)10-14/h4-7,10-11,17H,1-3,8-9H2. The zero-order valence-electron chi connectivity index (χ0n) is 10.4. The van der Waals surface area contributed by atoms with Crippen LogP contribution in [0.15, 0.2) is 36.4 Å². The van der Waals surface area contributed by atoms with Crippen LogP contribution in [0.2, 0.25) is 0 Å². The maximum Gasteiger partial charge on any atom is 0.0896 e. The topological polar surface area (TPSA) is 20.2 Å². The van der Waals surface area contributed by atoms with E-state index in [0.717, 1.165) is 36.4 Å². The molecule has 2 heteroatoms. The number of rotatable bonds is 1. The quantitative estimate of drug-likeness (QED) is 0.775. The molecule has 0 atom stereocenters. The lowest BCUT2D eigenvalue weighted by Crippen LogP contribution is -2.28. The van der Waals surface area contributed by atoms with Crippen molar-refractivity contribution in [3.05, 3.63) is 42.0 Å². The van der Waals surface area contributed by atoms with E-state index < -0.39 is 5.60 Å². The van der Waals surface area contributed by atoms with Crippen LogP contribution >= 0.6 is 0 Å². The molecule has 1 fully saturated rings. The van der Waals surface area contributed by atoms with Crippen LogP contribution in [-0.2, 0) is 5.60 Å². The maximum absolute atomic E-state index is 10.7. The molecule has 1 aliphatic carbocycles. The molecule has 0 spiro atoms. The summed E-state index contributed by atoms with van der Waals surface area (Å²) in [7, 11) is 3.54. The highest BCUT2D eigenvalue weighted by molar-refractivity contribution is 6.33. The molecule has 1 N–H and O–H groups in total. The second-order valence-corrected chi connectivity index (χ2v) is 5.95. The molecule has 91 valence electrons. The Hall–Kier alpha value is -1.12. The molecule has 0 bridgehead atoms. The fourth-order valence-corrected chi connectivity index (χ4v) is 3.20. The summed E-state index contributed by atoms with van der Waals surface area (Å²) in [4.78, 5) is 0. The Morgan fingerprint density at radius 3 is 2.33 bits per heavy atom. The summed E-state index contributed by atoms with van der Waals surface area (Å²) < 4.78 is 0. The van der Waals surface area contributed by atoms with Crippen LogP contribution in [0.1, 0.15) is 37.7 Å². The largest absolute Gasteiger partial charge is 0.385 e. The third-order valence-electron chi connectivity index (χ3n) is 4.06. The first-order chi connectivity index (χ1) is 8.67. The van der Waals surface area contributed by atoms with E-state index in [4.69, 9.17) is 0 Å². The average Bonchev–Trinajstić information content (AvgIpc) is 2.39. The summed E-state index contributed by atoms with van der Waals surface area (Å²) in [5, 5.41) is 14.3. The van der Waals surface area contributed by atoms with E-state index in [1.165, 1.54) is 17.2 Å². The van der Waals surface area contributed by atoms with Crippen molar-refractivity contribution in [2.24, 2.45) is 0 Å². The lowest BCUT2D eigenvalue weighted by molar-refractivity contribution is -0.000506. The maximum atomic E-state index is 10.7. The molecule has 2 aromatic rings. The first-order valence-corrected chi connectivity index (χ1v) is 7.16. The lowest BCUT2D eigenvalue weighted by atomic mass is 9.79. The highest BCUT2D eigenvalue weighted by atomic mass is 28.1. The highest BCUT2D eigenvalue weighted by Gasteiger charge is 2.30. The number of aliphatic hydroxyl groups is 1. The smallest absolute Gasteiger partial charge is 0.0896 e. The predicted octanol–water partition coefficient (Wildman–Crippen LogP) is 2.79. The fourth-order valence-electron chi connectivity index (χ4n) is 2.96. The third-order valence-corrected chi connectivity index (χ3v) is 4.37. The van der Waals surface area contributed by atoms with E-state index in [-0.39, 0.29) is 0 Å². The minimum absolute atomic E-state index is 0.598. The Morgan fingerprint density at radius 2 is 1.56 bits per heavy atom. The van der Waals surface area contributed by atoms with Crippen LogP contribution in [0.4, 0.5) is 0 Å². The van der Waals surface area contributed by atoms with Gasteiger partial charge in [0.05, 0.1) is 15.8 Å². The zero-order valence-corrected chi connectivity index (χ0v) is 11.4. The van der Waals surface area contributed by atoms with Crippen molar-refractivity contribution < 1.29 is 5.11 Å². The Labute approximate surface area is 111 Å². The molecule has 0 aromatic heterocycles. The molecule has 3 radical (unpaired) electrons. The molecule has 1 nitrogen and oxygen atoms in total. The molecule has 3 rings (SSSR count). The summed E-state index contributed by atoms with van der Waals surface area (Å²) in [6.45, 7) is 0. The van der Waals surface area contributed by atoms with Crippen molar-refractivity contribution in [2.75, 3.05) is 0 Å². The van der Waals surface area contributed by atoms with Crippen molar-refractivity contribution in [2.45, 2.75) is 37.7 Å². The zero-order chi connectivity index (χ0) is 12.6. The molecule has 0 heterocycles. The van der Waals surface area contributed by atoms with Crippen molar-refractivity contribution in [1.82, 2.24) is 0 Å². The number of fused-ring (bicyclic) bond motifs is 1. The average molecular weight is 253 g/mol. The molecule has 0 amide bonds. The molecule has 0 unspecified atom stereocenters. The Kier molecular flexibility index (Phi) is 3.00. The first-order valence-electron chi connectivity index (χ1n) is 6.66. The third kappa shape index (κ3) is 2.11. The van der Waals surface area contributed by atoms with Gasteiger partial charge in [0.15, 0.2) is 0 Å². The fraction of sp³-hybridized carbons (Fsp3) is 0.375. The van der Waals surface area contributed by atoms with Crippen LogP contribution in [0.3, 0.4) is 0 Å². The number of hydrogen-bond donors (Lipinski definition) is 1. The number of benzene rings is 2. The first kappa shape index (κ1) is 11.9. The second-order valence-electron chi connectivity index (χ2n) is 5.37. The highest BCUT2D eigenvalue weighted by Crippen LogP contribution is 2.37. The SMILES string of the molecule is OC1(c2ccc3cc([Si])ccc3c2)CCCCC1. The van der Waals surface area contributed by atoms with Crippen LogP contribution in [-0.4, -0.2) is 15.3 Å². The minimum Gasteiger partial charge on any atom is -0.385 e. The van der Waals surface area contributed by atoms with Gasteiger partial charge >= 0.3 is 0 Å². The van der Waals surface area contributed by atoms with Gasteiger partial charge in [0.2, 0.25) is 0 Å². The van der Waals surface area contributed by atoms with Gasteiger partial charge in [-0.15, -0.1) is 0 Å². The van der Waals surface area contributed by atoms with Gasteiger partial charge in [0, 0.05) is 0 Å². The summed E-state index contributed by atoms with van der Waals surface area (Å²) in [6.07, 6.45) is 5.31. The van der Waals surface area contributed by atoms with Crippen LogP contribution in [0, 0.1) is 0 Å². The molecular weight excluding hydrogens is 236 g/mol. The lowest BCUT2D eigenvalue weighted by Gasteiger charge is -2.32. The van der Waals surface area contributed by atoms with Gasteiger partial charge in [0.25, 0.3) is 0 Å². The Bertz CT molecular complexity index is 570. The summed E-state index contributed by atoms with van der Waals surface area (Å²) in [6, 6.07) is 12.6. The van der Waals surface area contributed by atoms with E-state index in [1.807, 2.05) is 6.07 Å². The van der Waals surface area contributed by atoms with E-state index in [2.05, 4.69) is 40.6 Å². The summed E-state index contributed by atoms with van der Waals surface area (Å²) >= 11 is 0. The van der Waals surface area contributed by atoms with Gasteiger partial charge in [0.1, 0.15) is 0 Å². The van der Waals surface area contributed by atoms with Gasteiger partial charge in [-0.05, 0) is 35.2 Å². The normalized spacial score (nSPS) is 19.0. The van der Waals surface area contributed by atoms with Crippen LogP contribution in [0.5, 0.6) is 0 Å². The molecule has 18 heavy (non-hydrogen) atoms. The van der Waals surface area contributed by atoms with E-state index >= 15 is 0 Å². The van der Waals surface area contributed by atoms with Crippen molar-refractivity contribution in [3.8, 4) is 0 Å². The molecule has 1 saturated carbocycles. The molecule has 1 aliphatic rings. The molecular formula is C16H17OSi. The van der Waals surface area contributed by atoms with Crippen molar-refractivity contribution in [1.29, 1.82) is 0 Å². The van der Waals surface area contributed by atoms with Gasteiger partial charge in [-0.1, -0.05) is 54.8 Å². The molecule has 0 aliphatic heterocycles. The summed E-state index contributed by atoms with van der Waals surface area (Å²) in [5.74, 6) is 0. The van der Waals surface area contributed by atoms with Gasteiger partial charge in [-0.3, -0.25) is 0 Å². The Balaban J connectivity index is 2.05. The van der Waals surface area contributed by atoms with E-state index in [0.29, 0.717) is 0 Å². The van der Waals surface area contributed by atoms with Crippen LogP contribution < -0.4 is 5.19 Å². The van der Waals surface area contributed by atoms with Gasteiger partial charge in [-0.25, -0.2) is 0 Å². The number of hydrogen-bond acceptors (Lipinski definition) is 1. The van der Waals surface area contributed by atoms with Crippen molar-refractivity contribution in [3.63, 3.8) is 0 Å². The summed E-state index contributed by atoms with van der Waals surface area (Å²) in [5.41, 5.74) is 0.482. The Morgan fingerprint density at radius 1 is 0.889 bits per heavy atom.